The number of nitrogens with zero attached hydrogens (tertiary/aromatic N) is 2. The van der Waals surface area contributed by atoms with E-state index in [2.05, 4.69) is 5.32 Å². The molecule has 1 aliphatic heterocycles. The van der Waals surface area contributed by atoms with Gasteiger partial charge in [0, 0.05) is 41.6 Å². The molecule has 1 saturated heterocycles. The lowest BCUT2D eigenvalue weighted by molar-refractivity contribution is -0.117. The van der Waals surface area contributed by atoms with Crippen molar-refractivity contribution in [1.29, 1.82) is 0 Å². The summed E-state index contributed by atoms with van der Waals surface area (Å²) in [7, 11) is 0. The maximum absolute atomic E-state index is 13.1. The molecule has 5 nitrogen and oxygen atoms in total. The quantitative estimate of drug-likeness (QED) is 0.724. The van der Waals surface area contributed by atoms with Gasteiger partial charge in [-0.3, -0.25) is 9.59 Å². The third-order valence-corrected chi connectivity index (χ3v) is 6.14. The average molecular weight is 379 g/mol. The van der Waals surface area contributed by atoms with E-state index >= 15 is 0 Å². The van der Waals surface area contributed by atoms with Crippen molar-refractivity contribution in [3.63, 3.8) is 0 Å². The monoisotopic (exact) mass is 379 g/mol. The van der Waals surface area contributed by atoms with Crippen LogP contribution in [0.15, 0.2) is 48.8 Å². The van der Waals surface area contributed by atoms with E-state index in [4.69, 9.17) is 0 Å². The number of rotatable bonds is 4. The largest absolute Gasteiger partial charge is 0.322 e. The van der Waals surface area contributed by atoms with Gasteiger partial charge < -0.3 is 14.8 Å². The van der Waals surface area contributed by atoms with Gasteiger partial charge in [0.05, 0.1) is 5.56 Å². The number of anilines is 2. The highest BCUT2D eigenvalue weighted by Crippen LogP contribution is 2.32. The van der Waals surface area contributed by atoms with E-state index in [0.29, 0.717) is 17.7 Å². The van der Waals surface area contributed by atoms with E-state index in [0.717, 1.165) is 34.1 Å². The lowest BCUT2D eigenvalue weighted by Crippen LogP contribution is -2.23. The van der Waals surface area contributed by atoms with Gasteiger partial charge in [0.15, 0.2) is 0 Å². The van der Waals surface area contributed by atoms with Gasteiger partial charge in [0.1, 0.15) is 5.00 Å². The third-order valence-electron chi connectivity index (χ3n) is 4.92. The van der Waals surface area contributed by atoms with Gasteiger partial charge in [0.2, 0.25) is 5.91 Å². The van der Waals surface area contributed by atoms with Gasteiger partial charge >= 0.3 is 0 Å². The van der Waals surface area contributed by atoms with Crippen LogP contribution in [0.1, 0.15) is 33.6 Å². The first-order valence-electron chi connectivity index (χ1n) is 8.99. The van der Waals surface area contributed by atoms with Gasteiger partial charge in [0.25, 0.3) is 5.91 Å². The zero-order chi connectivity index (χ0) is 19.0. The molecular weight excluding hydrogens is 358 g/mol. The number of hydrogen-bond acceptors (Lipinski definition) is 3. The number of carbonyl (C=O) groups is 2. The topological polar surface area (TPSA) is 54.3 Å². The average Bonchev–Trinajstić information content (AvgIpc) is 3.37. The third kappa shape index (κ3) is 3.28. The Morgan fingerprint density at radius 1 is 1.15 bits per heavy atom. The first-order valence-corrected chi connectivity index (χ1v) is 9.81. The molecule has 0 spiro atoms. The van der Waals surface area contributed by atoms with Crippen molar-refractivity contribution in [2.45, 2.75) is 26.7 Å². The highest BCUT2D eigenvalue weighted by molar-refractivity contribution is 7.15. The number of amides is 2. The Balaban J connectivity index is 1.63. The molecule has 138 valence electrons. The van der Waals surface area contributed by atoms with Crippen molar-refractivity contribution in [3.05, 3.63) is 64.8 Å². The van der Waals surface area contributed by atoms with Crippen molar-refractivity contribution < 1.29 is 9.59 Å². The second kappa shape index (κ2) is 7.04. The molecule has 3 aromatic rings. The van der Waals surface area contributed by atoms with Crippen LogP contribution in [0.25, 0.3) is 5.00 Å². The Labute approximate surface area is 162 Å². The Morgan fingerprint density at radius 3 is 2.63 bits per heavy atom. The van der Waals surface area contributed by atoms with E-state index in [1.807, 2.05) is 67.2 Å². The molecule has 0 bridgehead atoms. The Bertz CT molecular complexity index is 1000. The molecular formula is C21H21N3O2S. The second-order valence-corrected chi connectivity index (χ2v) is 7.91. The smallest absolute Gasteiger partial charge is 0.258 e. The number of aryl methyl sites for hydroxylation is 1. The summed E-state index contributed by atoms with van der Waals surface area (Å²) in [5.74, 6) is 0.00289. The Morgan fingerprint density at radius 2 is 1.93 bits per heavy atom. The highest BCUT2D eigenvalue weighted by Gasteiger charge is 2.23. The van der Waals surface area contributed by atoms with Crippen LogP contribution in [-0.4, -0.2) is 22.9 Å². The first kappa shape index (κ1) is 17.5. The Kier molecular flexibility index (Phi) is 4.58. The number of hydrogen-bond donors (Lipinski definition) is 1. The number of carbonyl (C=O) groups excluding carboxylic acids is 2. The fraction of sp³-hybridized carbons (Fsp3) is 0.238. The van der Waals surface area contributed by atoms with E-state index in [-0.39, 0.29) is 11.8 Å². The van der Waals surface area contributed by atoms with E-state index in [9.17, 15) is 9.59 Å². The summed E-state index contributed by atoms with van der Waals surface area (Å²) in [5.41, 5.74) is 3.21. The van der Waals surface area contributed by atoms with Crippen LogP contribution in [0.5, 0.6) is 0 Å². The van der Waals surface area contributed by atoms with Crippen LogP contribution in [-0.2, 0) is 4.79 Å². The molecule has 1 fully saturated rings. The zero-order valence-corrected chi connectivity index (χ0v) is 16.2. The fourth-order valence-electron chi connectivity index (χ4n) is 3.39. The Hall–Kier alpha value is -2.86. The standard InChI is InChI=1S/C21H21N3O2S/c1-14-15(2)27-21(23-10-3-4-11-23)19(14)20(26)22-16-7-5-8-17(13-16)24-12-6-9-18(24)25/h3-5,7-8,10-11,13H,6,9,12H2,1-2H3,(H,22,26). The zero-order valence-electron chi connectivity index (χ0n) is 15.4. The molecule has 2 amide bonds. The summed E-state index contributed by atoms with van der Waals surface area (Å²) in [5, 5.41) is 3.93. The van der Waals surface area contributed by atoms with Crippen molar-refractivity contribution in [2.75, 3.05) is 16.8 Å². The number of thiophene rings is 1. The van der Waals surface area contributed by atoms with Crippen LogP contribution in [0.2, 0.25) is 0 Å². The van der Waals surface area contributed by atoms with Crippen LogP contribution in [0.4, 0.5) is 11.4 Å². The molecule has 2 aromatic heterocycles. The van der Waals surface area contributed by atoms with Crippen molar-refractivity contribution in [1.82, 2.24) is 4.57 Å². The van der Waals surface area contributed by atoms with Crippen molar-refractivity contribution in [3.8, 4) is 5.00 Å². The minimum absolute atomic E-state index is 0.134. The summed E-state index contributed by atoms with van der Waals surface area (Å²) < 4.78 is 1.97. The van der Waals surface area contributed by atoms with Crippen LogP contribution >= 0.6 is 11.3 Å². The summed E-state index contributed by atoms with van der Waals surface area (Å²) in [6, 6.07) is 11.4. The normalized spacial score (nSPS) is 14.0. The van der Waals surface area contributed by atoms with Crippen LogP contribution in [0.3, 0.4) is 0 Å². The van der Waals surface area contributed by atoms with Gasteiger partial charge in [-0.05, 0) is 56.2 Å². The van der Waals surface area contributed by atoms with Crippen LogP contribution < -0.4 is 10.2 Å². The SMILES string of the molecule is Cc1sc(-n2cccc2)c(C(=O)Nc2cccc(N3CCCC3=O)c2)c1C. The molecule has 1 N–H and O–H groups in total. The number of benzene rings is 1. The molecule has 0 atom stereocenters. The summed E-state index contributed by atoms with van der Waals surface area (Å²) in [4.78, 5) is 28.0. The molecule has 27 heavy (non-hydrogen) atoms. The molecule has 1 aromatic carbocycles. The lowest BCUT2D eigenvalue weighted by Gasteiger charge is -2.17. The van der Waals surface area contributed by atoms with Crippen LogP contribution in [0, 0.1) is 13.8 Å². The summed E-state index contributed by atoms with van der Waals surface area (Å²) in [6.45, 7) is 4.74. The molecule has 0 radical (unpaired) electrons. The van der Waals surface area contributed by atoms with Gasteiger partial charge in [-0.2, -0.15) is 0 Å². The highest BCUT2D eigenvalue weighted by atomic mass is 32.1. The molecule has 3 heterocycles. The number of nitrogens with one attached hydrogen (secondary N) is 1. The van der Waals surface area contributed by atoms with E-state index < -0.39 is 0 Å². The molecule has 1 aliphatic rings. The molecule has 0 unspecified atom stereocenters. The minimum Gasteiger partial charge on any atom is -0.322 e. The minimum atomic E-state index is -0.134. The molecule has 4 rings (SSSR count). The fourth-order valence-corrected chi connectivity index (χ4v) is 4.51. The predicted octanol–water partition coefficient (Wildman–Crippen LogP) is 4.53. The van der Waals surface area contributed by atoms with Gasteiger partial charge in [-0.15, -0.1) is 11.3 Å². The van der Waals surface area contributed by atoms with Crippen molar-refractivity contribution >= 4 is 34.5 Å². The second-order valence-electron chi connectivity index (χ2n) is 6.71. The maximum atomic E-state index is 13.1. The first-order chi connectivity index (χ1) is 13.0. The molecule has 6 heteroatoms. The van der Waals surface area contributed by atoms with Gasteiger partial charge in [-0.1, -0.05) is 6.07 Å². The van der Waals surface area contributed by atoms with Crippen molar-refractivity contribution in [2.24, 2.45) is 0 Å². The van der Waals surface area contributed by atoms with E-state index in [1.54, 1.807) is 16.2 Å². The number of aromatic nitrogens is 1. The summed E-state index contributed by atoms with van der Waals surface area (Å²) >= 11 is 1.61. The maximum Gasteiger partial charge on any atom is 0.258 e. The van der Waals surface area contributed by atoms with E-state index in [1.165, 1.54) is 0 Å². The predicted molar refractivity (Wildman–Crippen MR) is 109 cm³/mol. The summed E-state index contributed by atoms with van der Waals surface area (Å²) in [6.07, 6.45) is 5.36. The lowest BCUT2D eigenvalue weighted by atomic mass is 10.1. The van der Waals surface area contributed by atoms with Gasteiger partial charge in [-0.25, -0.2) is 0 Å². The molecule has 0 aliphatic carbocycles. The molecule has 0 saturated carbocycles.